The van der Waals surface area contributed by atoms with E-state index in [1.807, 2.05) is 0 Å². The van der Waals surface area contributed by atoms with E-state index >= 15 is 0 Å². The Morgan fingerprint density at radius 3 is 1.69 bits per heavy atom. The normalized spacial score (nSPS) is 13.5. The van der Waals surface area contributed by atoms with Gasteiger partial charge in [-0.2, -0.15) is 5.26 Å². The molecule has 0 spiro atoms. The molecule has 0 N–H and O–H groups in total. The maximum atomic E-state index is 12.0. The van der Waals surface area contributed by atoms with Crippen molar-refractivity contribution in [2.45, 2.75) is 105 Å². The molecule has 26 heavy (non-hydrogen) atoms. The molecule has 0 aromatic carbocycles. The number of rotatable bonds is 12. The van der Waals surface area contributed by atoms with Crippen molar-refractivity contribution in [2.75, 3.05) is 6.61 Å². The van der Waals surface area contributed by atoms with Gasteiger partial charge < -0.3 is 9.26 Å². The van der Waals surface area contributed by atoms with Gasteiger partial charge >= 0.3 is 5.97 Å². The van der Waals surface area contributed by atoms with E-state index in [1.54, 1.807) is 6.92 Å². The minimum absolute atomic E-state index is 0.105. The zero-order valence-corrected chi connectivity index (χ0v) is 18.9. The Labute approximate surface area is 161 Å². The number of esters is 1. The average molecular weight is 388 g/mol. The first-order valence-corrected chi connectivity index (χ1v) is 10.8. The number of nitrogens with zero attached hydrogens (tertiary/aromatic N) is 3. The Morgan fingerprint density at radius 1 is 0.962 bits per heavy atom. The van der Waals surface area contributed by atoms with Crippen LogP contribution in [0.4, 0.5) is 0 Å². The van der Waals surface area contributed by atoms with E-state index in [-0.39, 0.29) is 43.0 Å². The first-order valence-electron chi connectivity index (χ1n) is 9.62. The molecule has 6 nitrogen and oxygen atoms in total. The number of ether oxygens (including phenoxy) is 1. The van der Waals surface area contributed by atoms with Crippen LogP contribution in [0.1, 0.15) is 75.2 Å². The van der Waals surface area contributed by atoms with Gasteiger partial charge in [-0.3, -0.25) is 4.79 Å². The monoisotopic (exact) mass is 387 g/mol. The maximum Gasteiger partial charge on any atom is 0.308 e. The summed E-state index contributed by atoms with van der Waals surface area (Å²) in [6.45, 7) is 19.4. The predicted molar refractivity (Wildman–Crippen MR) is 107 cm³/mol. The molecule has 0 amide bonds. The van der Waals surface area contributed by atoms with Crippen LogP contribution in [-0.4, -0.2) is 52.2 Å². The average Bonchev–Trinajstić information content (AvgIpc) is 2.45. The van der Waals surface area contributed by atoms with Gasteiger partial charge in [0.25, 0.3) is 0 Å². The smallest absolute Gasteiger partial charge is 0.308 e. The third-order valence-corrected chi connectivity index (χ3v) is 6.90. The fraction of sp³-hybridized carbons (Fsp3) is 0.895. The molecule has 0 radical (unpaired) electrons. The molecule has 0 unspecified atom stereocenters. The minimum Gasteiger partial charge on any atom is -0.466 e. The van der Waals surface area contributed by atoms with Gasteiger partial charge in [-0.05, 0) is 62.3 Å². The summed E-state index contributed by atoms with van der Waals surface area (Å²) in [4.78, 5) is 12.0. The van der Waals surface area contributed by atoms with Crippen molar-refractivity contribution in [2.24, 2.45) is 0 Å². The molecule has 7 heteroatoms. The van der Waals surface area contributed by atoms with Crippen LogP contribution in [0.15, 0.2) is 0 Å². The minimum atomic E-state index is -1.13. The first-order chi connectivity index (χ1) is 12.1. The topological polar surface area (TPSA) is 65.8 Å². The second-order valence-electron chi connectivity index (χ2n) is 7.49. The van der Waals surface area contributed by atoms with Crippen molar-refractivity contribution in [3.8, 4) is 6.07 Å². The Kier molecular flexibility index (Phi) is 12.3. The third-order valence-electron chi connectivity index (χ3n) is 3.77. The van der Waals surface area contributed by atoms with Gasteiger partial charge in [0.05, 0.1) is 31.6 Å². The van der Waals surface area contributed by atoms with Gasteiger partial charge in [-0.25, -0.2) is 9.34 Å². The van der Waals surface area contributed by atoms with Gasteiger partial charge in [-0.15, -0.1) is 0 Å². The molecule has 0 rings (SSSR count). The molecule has 0 saturated heterocycles. The van der Waals surface area contributed by atoms with Crippen LogP contribution in [0.5, 0.6) is 0 Å². The molecule has 0 bridgehead atoms. The molecule has 0 aliphatic heterocycles. The van der Waals surface area contributed by atoms with Crippen LogP contribution in [0.25, 0.3) is 0 Å². The summed E-state index contributed by atoms with van der Waals surface area (Å²) in [7, 11) is -1.13. The quantitative estimate of drug-likeness (QED) is 0.357. The largest absolute Gasteiger partial charge is 0.466 e. The van der Waals surface area contributed by atoms with E-state index in [9.17, 15) is 10.1 Å². The molecule has 0 aliphatic rings. The maximum absolute atomic E-state index is 12.0. The van der Waals surface area contributed by atoms with Crippen LogP contribution in [-0.2, 0) is 14.1 Å². The summed E-state index contributed by atoms with van der Waals surface area (Å²) >= 11 is 0. The zero-order valence-electron chi connectivity index (χ0n) is 18.0. The Morgan fingerprint density at radius 2 is 1.38 bits per heavy atom. The van der Waals surface area contributed by atoms with Gasteiger partial charge in [0.15, 0.2) is 8.45 Å². The molecule has 0 aromatic rings. The van der Waals surface area contributed by atoms with Crippen LogP contribution >= 0.6 is 8.45 Å². The lowest BCUT2D eigenvalue weighted by Gasteiger charge is -2.46. The highest BCUT2D eigenvalue weighted by Crippen LogP contribution is 2.52. The summed E-state index contributed by atoms with van der Waals surface area (Å²) < 4.78 is 16.2. The highest BCUT2D eigenvalue weighted by Gasteiger charge is 2.36. The second kappa shape index (κ2) is 12.6. The molecule has 1 atom stereocenters. The van der Waals surface area contributed by atoms with Crippen LogP contribution in [0.3, 0.4) is 0 Å². The van der Waals surface area contributed by atoms with Gasteiger partial charge in [0.1, 0.15) is 0 Å². The number of carbonyl (C=O) groups is 1. The summed E-state index contributed by atoms with van der Waals surface area (Å²) in [6.07, 6.45) is -0.190. The van der Waals surface area contributed by atoms with Gasteiger partial charge in [0, 0.05) is 24.2 Å². The Bertz CT molecular complexity index is 414. The number of hydrogen-bond acceptors (Lipinski definition) is 6. The van der Waals surface area contributed by atoms with E-state index in [1.165, 1.54) is 0 Å². The van der Waals surface area contributed by atoms with E-state index in [0.29, 0.717) is 6.61 Å². The number of hydrogen-bond donors (Lipinski definition) is 0. The lowest BCUT2D eigenvalue weighted by atomic mass is 10.2. The Balaban J connectivity index is 5.72. The standard InChI is InChI=1S/C19H38N3O3P/c1-10-24-19(23)13-18(11-12-20)25-26(21(14(2)3)15(4)5)22(16(6)7)17(8)9/h14-18H,10-11,13H2,1-9H3/t18-/m1/s1. The molecule has 0 aliphatic carbocycles. The van der Waals surface area contributed by atoms with Crippen molar-refractivity contribution in [1.82, 2.24) is 9.34 Å². The van der Waals surface area contributed by atoms with Crippen molar-refractivity contribution in [3.05, 3.63) is 0 Å². The van der Waals surface area contributed by atoms with Gasteiger partial charge in [0.2, 0.25) is 0 Å². The summed E-state index contributed by atoms with van der Waals surface area (Å²) in [5, 5.41) is 9.20. The van der Waals surface area contributed by atoms with Crippen LogP contribution in [0, 0.1) is 11.3 Å². The van der Waals surface area contributed by atoms with Crippen molar-refractivity contribution in [1.29, 1.82) is 5.26 Å². The third kappa shape index (κ3) is 8.31. The lowest BCUT2D eigenvalue weighted by molar-refractivity contribution is -0.144. The van der Waals surface area contributed by atoms with Crippen molar-refractivity contribution in [3.63, 3.8) is 0 Å². The van der Waals surface area contributed by atoms with E-state index in [4.69, 9.17) is 9.26 Å². The molecule has 0 aromatic heterocycles. The number of nitriles is 1. The fourth-order valence-electron chi connectivity index (χ4n) is 3.00. The summed E-state index contributed by atoms with van der Waals surface area (Å²) in [5.74, 6) is -0.316. The molecular weight excluding hydrogens is 349 g/mol. The van der Waals surface area contributed by atoms with E-state index < -0.39 is 14.6 Å². The predicted octanol–water partition coefficient (Wildman–Crippen LogP) is 4.70. The molecule has 152 valence electrons. The fourth-order valence-corrected chi connectivity index (χ4v) is 5.45. The highest BCUT2D eigenvalue weighted by molar-refractivity contribution is 7.47. The molecule has 0 saturated carbocycles. The SMILES string of the molecule is CCOC(=O)C[C@@H](CC#N)OP(N(C(C)C)C(C)C)N(C(C)C)C(C)C. The van der Waals surface area contributed by atoms with Crippen molar-refractivity contribution >= 4 is 14.4 Å². The first kappa shape index (κ1) is 25.3. The lowest BCUT2D eigenvalue weighted by Crippen LogP contribution is -2.44. The number of carbonyl (C=O) groups excluding carboxylic acids is 1. The summed E-state index contributed by atoms with van der Waals surface area (Å²) in [5.41, 5.74) is 0. The summed E-state index contributed by atoms with van der Waals surface area (Å²) in [6, 6.07) is 3.29. The highest BCUT2D eigenvalue weighted by atomic mass is 31.2. The molecular formula is C19H38N3O3P. The molecule has 0 heterocycles. The van der Waals surface area contributed by atoms with Gasteiger partial charge in [-0.1, -0.05) is 0 Å². The van der Waals surface area contributed by atoms with Crippen LogP contribution in [0.2, 0.25) is 0 Å². The second-order valence-corrected chi connectivity index (χ2v) is 9.13. The molecule has 0 fully saturated rings. The van der Waals surface area contributed by atoms with E-state index in [2.05, 4.69) is 70.8 Å². The zero-order chi connectivity index (χ0) is 20.4. The van der Waals surface area contributed by atoms with Crippen LogP contribution < -0.4 is 0 Å². The van der Waals surface area contributed by atoms with Crippen molar-refractivity contribution < 1.29 is 14.1 Å². The van der Waals surface area contributed by atoms with E-state index in [0.717, 1.165) is 0 Å². The Hall–Kier alpha value is -0.730.